The first-order chi connectivity index (χ1) is 67.0. The van der Waals surface area contributed by atoms with Gasteiger partial charge in [-0.2, -0.15) is 5.10 Å². The number of furan rings is 1. The number of nitrogens with one attached hydrogen (secondary N) is 1. The van der Waals surface area contributed by atoms with Crippen molar-refractivity contribution in [2.45, 2.75) is 219 Å². The van der Waals surface area contributed by atoms with E-state index in [0.717, 1.165) is 45.3 Å². The molecule has 4 fully saturated rings. The molecule has 7 N–H and O–H groups in total. The number of aliphatic hydroxyl groups excluding tert-OH is 1. The lowest BCUT2D eigenvalue weighted by Gasteiger charge is -2.42. The number of rotatable bonds is 28. The Morgan fingerprint density at radius 3 is 2.15 bits per heavy atom. The number of methoxy groups -OCH3 is 3. The Labute approximate surface area is 810 Å². The summed E-state index contributed by atoms with van der Waals surface area (Å²) in [6.07, 6.45) is 17.0. The van der Waals surface area contributed by atoms with E-state index < -0.39 is 102 Å². The summed E-state index contributed by atoms with van der Waals surface area (Å²) in [6, 6.07) is 12.6. The van der Waals surface area contributed by atoms with E-state index in [1.54, 1.807) is 65.2 Å². The number of piperidine rings is 1. The number of hydrogen-bond donors (Lipinski definition) is 5. The molecular weight excluding hydrogens is 1790 g/mol. The smallest absolute Gasteiger partial charge is 0.410 e. The topological polar surface area (TPSA) is 458 Å². The van der Waals surface area contributed by atoms with Gasteiger partial charge in [-0.1, -0.05) is 89.3 Å². The van der Waals surface area contributed by atoms with Gasteiger partial charge in [-0.15, -0.1) is 0 Å². The molecule has 5 aromatic heterocycles. The molecule has 4 amide bonds. The molecule has 0 radical (unpaired) electrons. The number of benzene rings is 2. The van der Waals surface area contributed by atoms with Crippen LogP contribution in [0.4, 0.5) is 28.4 Å². The lowest BCUT2D eigenvalue weighted by Crippen LogP contribution is -2.61. The van der Waals surface area contributed by atoms with E-state index in [1.807, 2.05) is 83.8 Å². The predicted molar refractivity (Wildman–Crippen MR) is 516 cm³/mol. The molecule has 15 atom stereocenters. The number of hydrogen-bond acceptors (Lipinski definition) is 32. The summed E-state index contributed by atoms with van der Waals surface area (Å²) in [5, 5.41) is 33.3. The number of ether oxygens (including phenoxy) is 10. The number of cyclic esters (lactones) is 1. The lowest BCUT2D eigenvalue weighted by atomic mass is 9.78. The Balaban J connectivity index is 0.477. The van der Waals surface area contributed by atoms with Crippen LogP contribution in [0.1, 0.15) is 170 Å². The summed E-state index contributed by atoms with van der Waals surface area (Å²) in [5.74, 6) is -7.30. The molecule has 3 saturated heterocycles. The van der Waals surface area contributed by atoms with Crippen LogP contribution in [0.5, 0.6) is 0 Å². The summed E-state index contributed by atoms with van der Waals surface area (Å²) in [4.78, 5) is 150. The average Bonchev–Trinajstić information content (AvgIpc) is 1.74. The Bertz CT molecular complexity index is 5560. The molecule has 1 saturated carbocycles. The first kappa shape index (κ1) is 103. The second kappa shape index (κ2) is 48.7. The van der Waals surface area contributed by atoms with Gasteiger partial charge in [-0.25, -0.2) is 44.2 Å². The minimum atomic E-state index is -2.49. The molecule has 0 unspecified atom stereocenters. The third-order valence-electron chi connectivity index (χ3n) is 28.1. The highest BCUT2D eigenvalue weighted by atomic mass is 16.6. The van der Waals surface area contributed by atoms with Crippen LogP contribution in [-0.2, 0) is 109 Å². The number of Topliss-reactive ketones (excluding diaryl/α,β-unsaturated/α-hetero) is 3. The van der Waals surface area contributed by atoms with E-state index >= 15 is 0 Å². The summed E-state index contributed by atoms with van der Waals surface area (Å²) in [7, 11) is 4.52. The minimum Gasteiger partial charge on any atom is -0.460 e. The summed E-state index contributed by atoms with van der Waals surface area (Å²) in [6.45, 7) is 20.1. The van der Waals surface area contributed by atoms with Crippen molar-refractivity contribution in [3.63, 3.8) is 0 Å². The zero-order valence-electron chi connectivity index (χ0n) is 81.6. The number of anilines is 4. The molecule has 7 aliphatic rings. The van der Waals surface area contributed by atoms with E-state index in [-0.39, 0.29) is 93.7 Å². The predicted octanol–water partition coefficient (Wildman–Crippen LogP) is 9.83. The van der Waals surface area contributed by atoms with Crippen molar-refractivity contribution in [1.29, 1.82) is 0 Å². The van der Waals surface area contributed by atoms with Gasteiger partial charge in [0.25, 0.3) is 17.6 Å². The number of allylic oxidation sites excluding steroid dienone is 6. The minimum absolute atomic E-state index is 0.0253. The van der Waals surface area contributed by atoms with Gasteiger partial charge in [0, 0.05) is 158 Å². The standard InChI is InChI=1S/C102H136N16O21/c1-62-16-12-11-13-17-63(2)83(129-8)53-77-24-19-68(7)102(128,139-77)93(123)97(125)117-31-15-14-18-79(117)98(126)137-84(54-80(119)64(3)47-67(6)91(122)92(131-10)90(121)66(5)46-62)65(4)48-69-21-25-82(85(50-69)130-9)138-101(127)116-33-28-78-76(60-116)57-108-100(111-78)114-36-34-113(35-37-114)99-106-55-75(56-107-99)96(124)105-30-39-133-41-43-135-45-44-134-42-40-132-38-29-87(120)115-32-27-71-49-70(20-22-73(71)59-115)58-118-95-88(94(104)109-61-110-95)89(112-118)72-23-26-81-74(51-72)52-86(103)136-81/h11-13,16-17,20,22-23,26,47,49,51-52,55-57,61-62,64-66,68-69,77,79,82-85,91-92,122,128H,14-15,18-19,21,24-25,27-46,48,50,53-54,58-60,103H2,1-10H3,(H,105,124)(H2,104,109,110)/b13-11+,16-12+,63-17+,67-47+/t62-,64-,65-,66-,68-,69+,77+,79+,82-,83+,84+,85-,91-,92+,102-/m1/s1. The summed E-state index contributed by atoms with van der Waals surface area (Å²) >= 11 is 0. The van der Waals surface area contributed by atoms with Crippen LogP contribution in [0.3, 0.4) is 0 Å². The number of carbonyl (C=O) groups excluding carboxylic acids is 8. The highest BCUT2D eigenvalue weighted by molar-refractivity contribution is 6.39. The van der Waals surface area contributed by atoms with Crippen LogP contribution >= 0.6 is 0 Å². The Morgan fingerprint density at radius 2 is 1.41 bits per heavy atom. The number of esters is 1. The third-order valence-corrected chi connectivity index (χ3v) is 28.1. The molecular formula is C102H136N16O21. The summed E-state index contributed by atoms with van der Waals surface area (Å²) < 4.78 is 66.8. The van der Waals surface area contributed by atoms with E-state index in [9.17, 15) is 48.6 Å². The maximum atomic E-state index is 14.9. The van der Waals surface area contributed by atoms with Crippen LogP contribution in [0, 0.1) is 35.5 Å². The van der Waals surface area contributed by atoms with Gasteiger partial charge in [-0.05, 0) is 148 Å². The number of aliphatic hydroxyl groups is 2. The van der Waals surface area contributed by atoms with Crippen LogP contribution in [0.15, 0.2) is 119 Å². The highest BCUT2D eigenvalue weighted by Crippen LogP contribution is 2.41. The van der Waals surface area contributed by atoms with Crippen molar-refractivity contribution in [2.24, 2.45) is 35.5 Å². The van der Waals surface area contributed by atoms with Crippen molar-refractivity contribution in [1.82, 2.24) is 59.7 Å². The molecule has 7 aromatic rings. The van der Waals surface area contributed by atoms with Crippen molar-refractivity contribution < 1.29 is 100 Å². The molecule has 37 heteroatoms. The van der Waals surface area contributed by atoms with E-state index in [2.05, 4.69) is 48.4 Å². The molecule has 1 aliphatic carbocycles. The number of amides is 4. The van der Waals surface area contributed by atoms with E-state index in [1.165, 1.54) is 36.3 Å². The van der Waals surface area contributed by atoms with Gasteiger partial charge < -0.3 is 103 Å². The number of piperazine rings is 1. The SMILES string of the molecule is CO[C@H]1C[C@@H]2CC[C@@H](C)[C@@](O)(O2)C(=O)C(=O)N2CCCC[C@H]2C(=O)O[C@H]([C@H](C)C[C@@H]2CC[C@@H](OC(=O)N3CCc4nc(N5CCN(c6ncc(C(=O)NCCOCCOCCOCCOCCC(=O)N7CCc8cc(Cn9nc(-c%10ccc%11oc(N)cc%11c%10)c%10c(N)ncnc%109)ccc8C7)cn6)CC5)ncc4C3)[C@H](OC)C2)CC(=O)[C@H](C)/C=C(\C)[C@@H](O)[C@@H](OC)C(=O)[C@H](C)C[C@H](C)/C=C/C=C/C=C/1C. The molecule has 14 rings (SSSR count). The second-order valence-corrected chi connectivity index (χ2v) is 38.0. The van der Waals surface area contributed by atoms with Gasteiger partial charge in [0.1, 0.15) is 59.7 Å². The molecule has 139 heavy (non-hydrogen) atoms. The van der Waals surface area contributed by atoms with Crippen LogP contribution in [0.2, 0.25) is 0 Å². The maximum Gasteiger partial charge on any atom is 0.410 e. The second-order valence-electron chi connectivity index (χ2n) is 38.0. The van der Waals surface area contributed by atoms with Gasteiger partial charge in [-0.3, -0.25) is 28.8 Å². The zero-order valence-corrected chi connectivity index (χ0v) is 81.6. The molecule has 2 bridgehead atoms. The normalized spacial score (nSPS) is 26.8. The number of fused-ring (bicyclic) bond motifs is 7. The van der Waals surface area contributed by atoms with Crippen molar-refractivity contribution >= 4 is 92.7 Å². The van der Waals surface area contributed by atoms with Crippen LogP contribution in [0.25, 0.3) is 33.3 Å². The number of nitrogens with two attached hydrogens (primary N) is 2. The Hall–Kier alpha value is -11.4. The van der Waals surface area contributed by atoms with Crippen molar-refractivity contribution in [3.05, 3.63) is 148 Å². The first-order valence-corrected chi connectivity index (χ1v) is 48.9. The quantitative estimate of drug-likeness (QED) is 0.0132. The monoisotopic (exact) mass is 1920 g/mol. The van der Waals surface area contributed by atoms with Gasteiger partial charge >= 0.3 is 12.1 Å². The zero-order chi connectivity index (χ0) is 98.6. The Kier molecular flexibility index (Phi) is 36.2. The lowest BCUT2D eigenvalue weighted by molar-refractivity contribution is -0.265. The molecule has 2 aromatic carbocycles. The fourth-order valence-electron chi connectivity index (χ4n) is 19.8. The van der Waals surface area contributed by atoms with Crippen LogP contribution in [-0.4, -0.2) is 293 Å². The molecule has 750 valence electrons. The fourth-order valence-corrected chi connectivity index (χ4v) is 19.8. The van der Waals surface area contributed by atoms with Gasteiger partial charge in [0.15, 0.2) is 17.3 Å². The largest absolute Gasteiger partial charge is 0.460 e. The van der Waals surface area contributed by atoms with E-state index in [4.69, 9.17) is 78.3 Å². The van der Waals surface area contributed by atoms with Gasteiger partial charge in [0.2, 0.25) is 23.6 Å². The molecule has 0 spiro atoms. The highest BCUT2D eigenvalue weighted by Gasteiger charge is 2.54. The Morgan fingerprint density at radius 1 is 0.691 bits per heavy atom. The number of aromatic nitrogens is 8. The number of ketones is 3. The third kappa shape index (κ3) is 26.3. The summed E-state index contributed by atoms with van der Waals surface area (Å²) in [5.41, 5.74) is 21.6. The number of nitrogen functional groups attached to an aromatic ring is 2. The molecule has 37 nitrogen and oxygen atoms in total. The fraction of sp³-hybridized carbons (Fsp3) is 0.578. The first-order valence-electron chi connectivity index (χ1n) is 48.9. The van der Waals surface area contributed by atoms with E-state index in [0.29, 0.717) is 213 Å². The van der Waals surface area contributed by atoms with Crippen LogP contribution < -0.4 is 26.6 Å². The number of nitrogens with zero attached hydrogens (tertiary/aromatic N) is 13. The van der Waals surface area contributed by atoms with Gasteiger partial charge in [0.05, 0.1) is 107 Å². The number of carbonyl (C=O) groups is 8. The van der Waals surface area contributed by atoms with Crippen molar-refractivity contribution in [3.8, 4) is 11.3 Å². The molecule has 11 heterocycles. The molecule has 6 aliphatic heterocycles. The average molecular weight is 1920 g/mol. The van der Waals surface area contributed by atoms with Crippen molar-refractivity contribution in [2.75, 3.05) is 148 Å². The maximum absolute atomic E-state index is 14.9.